The molecule has 0 radical (unpaired) electrons. The predicted molar refractivity (Wildman–Crippen MR) is 97.1 cm³/mol. The molecule has 2 amide bonds. The highest BCUT2D eigenvalue weighted by Gasteiger charge is 2.39. The molecule has 2 saturated heterocycles. The molecule has 0 aromatic carbocycles. The lowest BCUT2D eigenvalue weighted by molar-refractivity contribution is -0.192. The predicted octanol–water partition coefficient (Wildman–Crippen LogP) is 0.798. The summed E-state index contributed by atoms with van der Waals surface area (Å²) >= 11 is 0. The first-order valence-electron chi connectivity index (χ1n) is 9.16. The van der Waals surface area contributed by atoms with Gasteiger partial charge in [-0.3, -0.25) is 14.5 Å². The van der Waals surface area contributed by atoms with E-state index in [1.165, 1.54) is 0 Å². The molecular weight excluding hydrogens is 393 g/mol. The molecule has 2 aliphatic heterocycles. The van der Waals surface area contributed by atoms with Crippen molar-refractivity contribution >= 4 is 17.8 Å². The van der Waals surface area contributed by atoms with Crippen molar-refractivity contribution in [2.24, 2.45) is 18.9 Å². The summed E-state index contributed by atoms with van der Waals surface area (Å²) in [7, 11) is 3.58. The molecule has 2 atom stereocenters. The molecule has 2 N–H and O–H groups in total. The summed E-state index contributed by atoms with van der Waals surface area (Å²) in [6, 6.07) is 3.78. The van der Waals surface area contributed by atoms with E-state index in [1.807, 2.05) is 34.8 Å². The van der Waals surface area contributed by atoms with E-state index < -0.39 is 12.1 Å². The van der Waals surface area contributed by atoms with E-state index in [9.17, 15) is 22.8 Å². The number of hydrogen-bond acceptors (Lipinski definition) is 4. The van der Waals surface area contributed by atoms with E-state index >= 15 is 0 Å². The maximum atomic E-state index is 12.6. The number of piperidine rings is 1. The van der Waals surface area contributed by atoms with Gasteiger partial charge in [0.05, 0.1) is 6.54 Å². The van der Waals surface area contributed by atoms with Gasteiger partial charge in [0.1, 0.15) is 5.69 Å². The number of alkyl halides is 3. The molecule has 0 unspecified atom stereocenters. The number of rotatable bonds is 3. The van der Waals surface area contributed by atoms with Gasteiger partial charge in [0, 0.05) is 39.9 Å². The van der Waals surface area contributed by atoms with E-state index in [2.05, 4.69) is 10.2 Å². The van der Waals surface area contributed by atoms with Crippen molar-refractivity contribution < 1.29 is 32.7 Å². The maximum Gasteiger partial charge on any atom is 0.490 e. The summed E-state index contributed by atoms with van der Waals surface area (Å²) in [6.07, 6.45) is -2.11. The molecule has 1 aromatic heterocycles. The summed E-state index contributed by atoms with van der Waals surface area (Å²) in [5.74, 6) is -1.51. The van der Waals surface area contributed by atoms with Crippen molar-refractivity contribution in [3.05, 3.63) is 24.0 Å². The van der Waals surface area contributed by atoms with E-state index in [0.717, 1.165) is 38.3 Å². The zero-order valence-corrected chi connectivity index (χ0v) is 16.3. The number of hydrogen-bond donors (Lipinski definition) is 2. The van der Waals surface area contributed by atoms with Gasteiger partial charge >= 0.3 is 12.1 Å². The fourth-order valence-electron chi connectivity index (χ4n) is 3.68. The standard InChI is InChI=1S/C16H24N4O2.C2HF3O2/c1-17-15(21)11-19-7-5-12-9-20(10-13(12)8-19)16(22)14-4-3-6-18(14)2;3-2(4,5)1(6)7/h3-4,6,12-13H,5,7-11H2,1-2H3,(H,17,21);(H,6,7)/t12-,13+;/m0./s1. The van der Waals surface area contributed by atoms with Crippen LogP contribution in [0.2, 0.25) is 0 Å². The van der Waals surface area contributed by atoms with Crippen LogP contribution in [0.5, 0.6) is 0 Å². The molecule has 3 heterocycles. The van der Waals surface area contributed by atoms with Crippen LogP contribution in [0.1, 0.15) is 16.9 Å². The highest BCUT2D eigenvalue weighted by Crippen LogP contribution is 2.31. The van der Waals surface area contributed by atoms with Crippen LogP contribution in [0.3, 0.4) is 0 Å². The van der Waals surface area contributed by atoms with E-state index in [-0.39, 0.29) is 11.8 Å². The molecule has 0 bridgehead atoms. The van der Waals surface area contributed by atoms with Gasteiger partial charge in [-0.2, -0.15) is 13.2 Å². The van der Waals surface area contributed by atoms with Crippen LogP contribution in [-0.2, 0) is 16.6 Å². The molecule has 2 fully saturated rings. The molecule has 29 heavy (non-hydrogen) atoms. The second-order valence-corrected chi connectivity index (χ2v) is 7.23. The molecule has 8 nitrogen and oxygen atoms in total. The van der Waals surface area contributed by atoms with Gasteiger partial charge in [-0.1, -0.05) is 0 Å². The summed E-state index contributed by atoms with van der Waals surface area (Å²) < 4.78 is 33.6. The van der Waals surface area contributed by atoms with Gasteiger partial charge in [-0.15, -0.1) is 0 Å². The number of carboxylic acid groups (broad SMARTS) is 1. The first-order valence-corrected chi connectivity index (χ1v) is 9.16. The maximum absolute atomic E-state index is 12.6. The van der Waals surface area contributed by atoms with Gasteiger partial charge in [-0.25, -0.2) is 4.79 Å². The number of carbonyl (C=O) groups is 3. The quantitative estimate of drug-likeness (QED) is 0.757. The number of likely N-dealkylation sites (N-methyl/N-ethyl adjacent to an activating group) is 1. The normalized spacial score (nSPS) is 21.8. The van der Waals surface area contributed by atoms with Crippen LogP contribution < -0.4 is 5.32 Å². The van der Waals surface area contributed by atoms with Gasteiger partial charge < -0.3 is 19.9 Å². The third-order valence-corrected chi connectivity index (χ3v) is 5.22. The van der Waals surface area contributed by atoms with Crippen LogP contribution in [-0.4, -0.2) is 83.2 Å². The molecule has 0 spiro atoms. The first kappa shape index (κ1) is 22.7. The number of fused-ring (bicyclic) bond motifs is 1. The smallest absolute Gasteiger partial charge is 0.475 e. The lowest BCUT2D eigenvalue weighted by atomic mass is 9.89. The van der Waals surface area contributed by atoms with Crippen LogP contribution in [0.4, 0.5) is 13.2 Å². The van der Waals surface area contributed by atoms with Crippen molar-refractivity contribution in [1.82, 2.24) is 19.7 Å². The Morgan fingerprint density at radius 3 is 2.34 bits per heavy atom. The second-order valence-electron chi connectivity index (χ2n) is 7.23. The van der Waals surface area contributed by atoms with Gasteiger partial charge in [0.15, 0.2) is 0 Å². The minimum absolute atomic E-state index is 0.0631. The lowest BCUT2D eigenvalue weighted by Crippen LogP contribution is -2.44. The van der Waals surface area contributed by atoms with Gasteiger partial charge in [0.25, 0.3) is 5.91 Å². The van der Waals surface area contributed by atoms with Gasteiger partial charge in [-0.05, 0) is 36.9 Å². The summed E-state index contributed by atoms with van der Waals surface area (Å²) in [5, 5.41) is 9.80. The van der Waals surface area contributed by atoms with Crippen LogP contribution >= 0.6 is 0 Å². The fraction of sp³-hybridized carbons (Fsp3) is 0.611. The molecule has 1 aromatic rings. The van der Waals surface area contributed by atoms with E-state index in [1.54, 1.807) is 7.05 Å². The minimum atomic E-state index is -5.08. The van der Waals surface area contributed by atoms with Crippen molar-refractivity contribution in [2.75, 3.05) is 39.8 Å². The third kappa shape index (κ3) is 5.96. The molecular formula is C18H25F3N4O4. The number of nitrogens with zero attached hydrogens (tertiary/aromatic N) is 3. The van der Waals surface area contributed by atoms with Crippen molar-refractivity contribution in [3.63, 3.8) is 0 Å². The largest absolute Gasteiger partial charge is 0.490 e. The van der Waals surface area contributed by atoms with Crippen molar-refractivity contribution in [1.29, 1.82) is 0 Å². The fourth-order valence-corrected chi connectivity index (χ4v) is 3.68. The van der Waals surface area contributed by atoms with Crippen LogP contribution in [0.25, 0.3) is 0 Å². The number of carboxylic acids is 1. The zero-order chi connectivity index (χ0) is 21.8. The molecule has 162 valence electrons. The van der Waals surface area contributed by atoms with E-state index in [4.69, 9.17) is 9.90 Å². The number of nitrogens with one attached hydrogen (secondary N) is 1. The lowest BCUT2D eigenvalue weighted by Gasteiger charge is -2.33. The number of amides is 2. The second kappa shape index (κ2) is 9.29. The van der Waals surface area contributed by atoms with Crippen molar-refractivity contribution in [3.8, 4) is 0 Å². The Bertz CT molecular complexity index is 750. The highest BCUT2D eigenvalue weighted by molar-refractivity contribution is 5.93. The number of halogens is 3. The Labute approximate surface area is 166 Å². The summed E-state index contributed by atoms with van der Waals surface area (Å²) in [4.78, 5) is 37.2. The van der Waals surface area contributed by atoms with Crippen LogP contribution in [0, 0.1) is 11.8 Å². The Hall–Kier alpha value is -2.56. The number of aromatic nitrogens is 1. The number of aliphatic carboxylic acids is 1. The average Bonchev–Trinajstić information content (AvgIpc) is 3.26. The van der Waals surface area contributed by atoms with Crippen molar-refractivity contribution in [2.45, 2.75) is 12.6 Å². The van der Waals surface area contributed by atoms with E-state index in [0.29, 0.717) is 18.4 Å². The monoisotopic (exact) mass is 418 g/mol. The Balaban J connectivity index is 0.000000370. The first-order chi connectivity index (χ1) is 13.5. The Morgan fingerprint density at radius 1 is 1.21 bits per heavy atom. The molecule has 11 heteroatoms. The summed E-state index contributed by atoms with van der Waals surface area (Å²) in [5.41, 5.74) is 0.751. The summed E-state index contributed by atoms with van der Waals surface area (Å²) in [6.45, 7) is 3.97. The van der Waals surface area contributed by atoms with Crippen LogP contribution in [0.15, 0.2) is 18.3 Å². The number of likely N-dealkylation sites (tertiary alicyclic amines) is 2. The topological polar surface area (TPSA) is 94.9 Å². The minimum Gasteiger partial charge on any atom is -0.475 e. The molecule has 0 aliphatic carbocycles. The molecule has 2 aliphatic rings. The SMILES string of the molecule is CNC(=O)CN1CC[C@H]2CN(C(=O)c3cccn3C)C[C@H]2C1.O=C(O)C(F)(F)F. The third-order valence-electron chi connectivity index (χ3n) is 5.22. The average molecular weight is 418 g/mol. The Kier molecular flexibility index (Phi) is 7.28. The molecule has 3 rings (SSSR count). The molecule has 0 saturated carbocycles. The Morgan fingerprint density at radius 2 is 1.83 bits per heavy atom. The zero-order valence-electron chi connectivity index (χ0n) is 16.3. The number of carbonyl (C=O) groups excluding carboxylic acids is 2. The highest BCUT2D eigenvalue weighted by atomic mass is 19.4. The number of aryl methyl sites for hydroxylation is 1. The van der Waals surface area contributed by atoms with Gasteiger partial charge in [0.2, 0.25) is 5.91 Å².